The molecule has 0 spiro atoms. The van der Waals surface area contributed by atoms with E-state index < -0.39 is 0 Å². The number of nitrogens with zero attached hydrogens (tertiary/aromatic N) is 2. The van der Waals surface area contributed by atoms with Crippen molar-refractivity contribution < 1.29 is 14.3 Å². The number of aromatic nitrogens is 2. The molecule has 1 heterocycles. The van der Waals surface area contributed by atoms with Gasteiger partial charge in [-0.25, -0.2) is 13.9 Å². The molecule has 3 N–H and O–H groups in total. The molecule has 1 fully saturated rings. The van der Waals surface area contributed by atoms with Crippen LogP contribution in [-0.2, 0) is 0 Å². The van der Waals surface area contributed by atoms with E-state index in [-0.39, 0.29) is 24.0 Å². The van der Waals surface area contributed by atoms with Crippen LogP contribution in [0.2, 0.25) is 0 Å². The number of hydrogen-bond acceptors (Lipinski definition) is 3. The molecule has 1 saturated carbocycles. The number of aliphatic hydroxyl groups excluding tert-OH is 1. The summed E-state index contributed by atoms with van der Waals surface area (Å²) in [7, 11) is 0. The zero-order valence-corrected chi connectivity index (χ0v) is 13.5. The first-order valence-electron chi connectivity index (χ1n) is 8.09. The van der Waals surface area contributed by atoms with Crippen molar-refractivity contribution in [3.05, 3.63) is 41.8 Å². The second kappa shape index (κ2) is 7.00. The first kappa shape index (κ1) is 16.4. The minimum atomic E-state index is -0.307. The van der Waals surface area contributed by atoms with E-state index in [0.29, 0.717) is 18.7 Å². The standard InChI is InChI=1S/C17H21FN4O2/c1-11-10-16(21-22(11)14-6-2-12(18)3-7-14)20-17(24)19-13-4-8-15(23)9-5-13/h2-3,6-7,10,13,15,23H,4-5,8-9H2,1H3,(H2,19,20,21,24). The number of aryl methyl sites for hydroxylation is 1. The highest BCUT2D eigenvalue weighted by Crippen LogP contribution is 2.19. The number of carbonyl (C=O) groups is 1. The molecule has 1 aromatic heterocycles. The molecular formula is C17H21FN4O2. The van der Waals surface area contributed by atoms with E-state index >= 15 is 0 Å². The van der Waals surface area contributed by atoms with E-state index in [0.717, 1.165) is 24.2 Å². The number of anilines is 1. The van der Waals surface area contributed by atoms with Crippen molar-refractivity contribution in [1.29, 1.82) is 0 Å². The Labute approximate surface area is 139 Å². The summed E-state index contributed by atoms with van der Waals surface area (Å²) in [5.41, 5.74) is 1.56. The summed E-state index contributed by atoms with van der Waals surface area (Å²) in [6.07, 6.45) is 2.72. The second-order valence-electron chi connectivity index (χ2n) is 6.16. The first-order chi connectivity index (χ1) is 11.5. The molecule has 0 saturated heterocycles. The summed E-state index contributed by atoms with van der Waals surface area (Å²) in [4.78, 5) is 12.1. The molecule has 128 valence electrons. The number of amides is 2. The van der Waals surface area contributed by atoms with Crippen molar-refractivity contribution in [2.24, 2.45) is 0 Å². The van der Waals surface area contributed by atoms with Gasteiger partial charge in [0.15, 0.2) is 5.82 Å². The zero-order valence-electron chi connectivity index (χ0n) is 13.5. The Balaban J connectivity index is 1.62. The molecule has 1 aliphatic rings. The van der Waals surface area contributed by atoms with Crippen LogP contribution in [0.4, 0.5) is 15.0 Å². The fraction of sp³-hybridized carbons (Fsp3) is 0.412. The molecule has 0 bridgehead atoms. The van der Waals surface area contributed by atoms with Crippen LogP contribution in [0.15, 0.2) is 30.3 Å². The third kappa shape index (κ3) is 3.91. The summed E-state index contributed by atoms with van der Waals surface area (Å²) in [5, 5.41) is 19.5. The average Bonchev–Trinajstić information content (AvgIpc) is 2.90. The van der Waals surface area contributed by atoms with Crippen molar-refractivity contribution in [3.63, 3.8) is 0 Å². The summed E-state index contributed by atoms with van der Waals surface area (Å²) in [5.74, 6) is 0.129. The third-order valence-electron chi connectivity index (χ3n) is 4.23. The molecule has 0 unspecified atom stereocenters. The Morgan fingerprint density at radius 2 is 1.92 bits per heavy atom. The normalized spacial score (nSPS) is 20.6. The number of benzene rings is 1. The maximum Gasteiger partial charge on any atom is 0.320 e. The lowest BCUT2D eigenvalue weighted by atomic mass is 9.93. The van der Waals surface area contributed by atoms with Crippen LogP contribution < -0.4 is 10.6 Å². The number of urea groups is 1. The van der Waals surface area contributed by atoms with Gasteiger partial charge < -0.3 is 10.4 Å². The van der Waals surface area contributed by atoms with Gasteiger partial charge in [0.05, 0.1) is 11.8 Å². The van der Waals surface area contributed by atoms with Crippen LogP contribution in [0.25, 0.3) is 5.69 Å². The number of rotatable bonds is 3. The summed E-state index contributed by atoms with van der Waals surface area (Å²) in [6, 6.07) is 7.53. The molecular weight excluding hydrogens is 311 g/mol. The first-order valence-corrected chi connectivity index (χ1v) is 8.09. The van der Waals surface area contributed by atoms with Gasteiger partial charge in [-0.3, -0.25) is 5.32 Å². The fourth-order valence-electron chi connectivity index (χ4n) is 2.94. The lowest BCUT2D eigenvalue weighted by molar-refractivity contribution is 0.118. The zero-order chi connectivity index (χ0) is 17.1. The van der Waals surface area contributed by atoms with Crippen LogP contribution in [-0.4, -0.2) is 33.1 Å². The Kier molecular flexibility index (Phi) is 4.80. The maximum absolute atomic E-state index is 13.0. The minimum Gasteiger partial charge on any atom is -0.393 e. The molecule has 1 aromatic carbocycles. The number of halogens is 1. The Morgan fingerprint density at radius 1 is 1.25 bits per heavy atom. The van der Waals surface area contributed by atoms with Gasteiger partial charge in [0.1, 0.15) is 5.82 Å². The molecule has 3 rings (SSSR count). The Hall–Kier alpha value is -2.41. The van der Waals surface area contributed by atoms with Gasteiger partial charge >= 0.3 is 6.03 Å². The van der Waals surface area contributed by atoms with E-state index in [2.05, 4.69) is 15.7 Å². The van der Waals surface area contributed by atoms with Crippen molar-refractivity contribution in [2.45, 2.75) is 44.8 Å². The lowest BCUT2D eigenvalue weighted by Gasteiger charge is -2.25. The van der Waals surface area contributed by atoms with Crippen LogP contribution in [0.5, 0.6) is 0 Å². The van der Waals surface area contributed by atoms with Crippen molar-refractivity contribution >= 4 is 11.8 Å². The third-order valence-corrected chi connectivity index (χ3v) is 4.23. The van der Waals surface area contributed by atoms with Crippen LogP contribution in [0.1, 0.15) is 31.4 Å². The van der Waals surface area contributed by atoms with Crippen molar-refractivity contribution in [2.75, 3.05) is 5.32 Å². The molecule has 2 amide bonds. The minimum absolute atomic E-state index is 0.0775. The molecule has 0 aliphatic heterocycles. The van der Waals surface area contributed by atoms with Crippen molar-refractivity contribution in [1.82, 2.24) is 15.1 Å². The quantitative estimate of drug-likeness (QED) is 0.808. The van der Waals surface area contributed by atoms with E-state index in [1.165, 1.54) is 12.1 Å². The van der Waals surface area contributed by atoms with E-state index in [9.17, 15) is 14.3 Å². The fourth-order valence-corrected chi connectivity index (χ4v) is 2.94. The molecule has 1 aliphatic carbocycles. The molecule has 7 heteroatoms. The molecule has 0 radical (unpaired) electrons. The smallest absolute Gasteiger partial charge is 0.320 e. The highest BCUT2D eigenvalue weighted by atomic mass is 19.1. The maximum atomic E-state index is 13.0. The van der Waals surface area contributed by atoms with E-state index in [1.54, 1.807) is 22.9 Å². The van der Waals surface area contributed by atoms with E-state index in [1.807, 2.05) is 6.92 Å². The highest BCUT2D eigenvalue weighted by Gasteiger charge is 2.21. The largest absolute Gasteiger partial charge is 0.393 e. The predicted octanol–water partition coefficient (Wildman–Crippen LogP) is 2.74. The monoisotopic (exact) mass is 332 g/mol. The number of hydrogen-bond donors (Lipinski definition) is 3. The van der Waals surface area contributed by atoms with Gasteiger partial charge in [0, 0.05) is 17.8 Å². The predicted molar refractivity (Wildman–Crippen MR) is 88.7 cm³/mol. The van der Waals surface area contributed by atoms with Crippen LogP contribution >= 0.6 is 0 Å². The SMILES string of the molecule is Cc1cc(NC(=O)NC2CCC(O)CC2)nn1-c1ccc(F)cc1. The summed E-state index contributed by atoms with van der Waals surface area (Å²) < 4.78 is 14.7. The Morgan fingerprint density at radius 3 is 2.58 bits per heavy atom. The molecule has 6 nitrogen and oxygen atoms in total. The van der Waals surface area contributed by atoms with E-state index in [4.69, 9.17) is 0 Å². The summed E-state index contributed by atoms with van der Waals surface area (Å²) >= 11 is 0. The van der Waals surface area contributed by atoms with Crippen LogP contribution in [0, 0.1) is 12.7 Å². The van der Waals surface area contributed by atoms with Gasteiger partial charge in [-0.15, -0.1) is 5.10 Å². The van der Waals surface area contributed by atoms with Gasteiger partial charge in [-0.2, -0.15) is 0 Å². The van der Waals surface area contributed by atoms with Gasteiger partial charge in [-0.1, -0.05) is 0 Å². The lowest BCUT2D eigenvalue weighted by Crippen LogP contribution is -2.40. The topological polar surface area (TPSA) is 79.2 Å². The Bertz CT molecular complexity index is 706. The summed E-state index contributed by atoms with van der Waals surface area (Å²) in [6.45, 7) is 1.86. The van der Waals surface area contributed by atoms with Crippen molar-refractivity contribution in [3.8, 4) is 5.69 Å². The van der Waals surface area contributed by atoms with Gasteiger partial charge in [0.2, 0.25) is 0 Å². The number of nitrogens with one attached hydrogen (secondary N) is 2. The number of aliphatic hydroxyl groups is 1. The highest BCUT2D eigenvalue weighted by molar-refractivity contribution is 5.88. The molecule has 24 heavy (non-hydrogen) atoms. The van der Waals surface area contributed by atoms with Gasteiger partial charge in [-0.05, 0) is 56.9 Å². The average molecular weight is 332 g/mol. The van der Waals surface area contributed by atoms with Crippen LogP contribution in [0.3, 0.4) is 0 Å². The number of carbonyl (C=O) groups excluding carboxylic acids is 1. The molecule has 0 atom stereocenters. The molecule has 2 aromatic rings. The second-order valence-corrected chi connectivity index (χ2v) is 6.16. The van der Waals surface area contributed by atoms with Gasteiger partial charge in [0.25, 0.3) is 0 Å².